The van der Waals surface area contributed by atoms with E-state index in [0.717, 1.165) is 6.42 Å². The summed E-state index contributed by atoms with van der Waals surface area (Å²) in [5.41, 5.74) is 0.932. The Balaban J connectivity index is 1.90. The number of methoxy groups -OCH3 is 1. The molecular weight excluding hydrogens is 332 g/mol. The molecule has 1 aromatic carbocycles. The summed E-state index contributed by atoms with van der Waals surface area (Å²) in [7, 11) is -2.40. The molecule has 1 fully saturated rings. The minimum Gasteiger partial charge on any atom is -0.465 e. The molecule has 1 aliphatic rings. The van der Waals surface area contributed by atoms with Gasteiger partial charge in [-0.1, -0.05) is 5.16 Å². The van der Waals surface area contributed by atoms with Gasteiger partial charge >= 0.3 is 5.97 Å². The Morgan fingerprint density at radius 1 is 1.33 bits per heavy atom. The molecule has 2 heterocycles. The van der Waals surface area contributed by atoms with Crippen LogP contribution in [0.15, 0.2) is 39.8 Å². The Kier molecular flexibility index (Phi) is 4.42. The number of rotatable bonds is 4. The minimum atomic E-state index is -3.68. The molecule has 1 aliphatic heterocycles. The van der Waals surface area contributed by atoms with E-state index >= 15 is 0 Å². The van der Waals surface area contributed by atoms with Crippen LogP contribution in [-0.2, 0) is 14.8 Å². The first kappa shape index (κ1) is 16.7. The molecule has 0 radical (unpaired) electrons. The molecule has 3 rings (SSSR count). The van der Waals surface area contributed by atoms with Gasteiger partial charge in [-0.25, -0.2) is 13.2 Å². The van der Waals surface area contributed by atoms with Gasteiger partial charge in [0.25, 0.3) is 0 Å². The highest BCUT2D eigenvalue weighted by Crippen LogP contribution is 2.36. The van der Waals surface area contributed by atoms with Gasteiger partial charge in [-0.15, -0.1) is 0 Å². The molecule has 0 unspecified atom stereocenters. The summed E-state index contributed by atoms with van der Waals surface area (Å²) in [5, 5.41) is 3.96. The van der Waals surface area contributed by atoms with E-state index in [2.05, 4.69) is 9.89 Å². The summed E-state index contributed by atoms with van der Waals surface area (Å²) in [4.78, 5) is 11.6. The summed E-state index contributed by atoms with van der Waals surface area (Å²) in [6.07, 6.45) is 1.46. The Morgan fingerprint density at radius 3 is 2.62 bits per heavy atom. The van der Waals surface area contributed by atoms with Crippen molar-refractivity contribution < 1.29 is 22.5 Å². The van der Waals surface area contributed by atoms with E-state index in [9.17, 15) is 13.2 Å². The van der Waals surface area contributed by atoms with E-state index in [1.165, 1.54) is 35.7 Å². The number of sulfonamides is 1. The summed E-state index contributed by atoms with van der Waals surface area (Å²) in [6.45, 7) is 2.20. The SMILES string of the molecule is COC(=O)c1ccc(S(=O)(=O)N2CCC[C@H]2c2cc(C)on2)cc1. The van der Waals surface area contributed by atoms with Gasteiger partial charge in [0.15, 0.2) is 0 Å². The fourth-order valence-electron chi connectivity index (χ4n) is 2.88. The molecule has 1 atom stereocenters. The number of carbonyl (C=O) groups excluding carboxylic acids is 1. The smallest absolute Gasteiger partial charge is 0.337 e. The van der Waals surface area contributed by atoms with Crippen molar-refractivity contribution in [3.05, 3.63) is 47.3 Å². The monoisotopic (exact) mass is 350 g/mol. The van der Waals surface area contributed by atoms with Crippen LogP contribution in [0, 0.1) is 6.92 Å². The van der Waals surface area contributed by atoms with E-state index in [0.29, 0.717) is 30.0 Å². The van der Waals surface area contributed by atoms with Crippen molar-refractivity contribution in [2.45, 2.75) is 30.7 Å². The van der Waals surface area contributed by atoms with Crippen LogP contribution in [0.3, 0.4) is 0 Å². The zero-order valence-corrected chi connectivity index (χ0v) is 14.2. The van der Waals surface area contributed by atoms with Gasteiger partial charge in [0, 0.05) is 12.6 Å². The Bertz CT molecular complexity index is 842. The van der Waals surface area contributed by atoms with Crippen LogP contribution < -0.4 is 0 Å². The largest absolute Gasteiger partial charge is 0.465 e. The molecule has 1 saturated heterocycles. The van der Waals surface area contributed by atoms with Gasteiger partial charge in [0.2, 0.25) is 10.0 Å². The van der Waals surface area contributed by atoms with E-state index < -0.39 is 16.0 Å². The third-order valence-corrected chi connectivity index (χ3v) is 6.00. The van der Waals surface area contributed by atoms with Crippen molar-refractivity contribution in [3.63, 3.8) is 0 Å². The van der Waals surface area contributed by atoms with Crippen LogP contribution in [0.1, 0.15) is 40.7 Å². The molecular formula is C16H18N2O5S. The van der Waals surface area contributed by atoms with Crippen LogP contribution in [0.25, 0.3) is 0 Å². The number of hydrogen-bond donors (Lipinski definition) is 0. The van der Waals surface area contributed by atoms with Crippen molar-refractivity contribution in [1.82, 2.24) is 9.46 Å². The zero-order valence-electron chi connectivity index (χ0n) is 13.4. The van der Waals surface area contributed by atoms with Gasteiger partial charge in [-0.3, -0.25) is 0 Å². The molecule has 0 N–H and O–H groups in total. The fraction of sp³-hybridized carbons (Fsp3) is 0.375. The molecule has 1 aromatic heterocycles. The Hall–Kier alpha value is -2.19. The maximum Gasteiger partial charge on any atom is 0.337 e. The number of hydrogen-bond acceptors (Lipinski definition) is 6. The third-order valence-electron chi connectivity index (χ3n) is 4.07. The predicted molar refractivity (Wildman–Crippen MR) is 84.9 cm³/mol. The molecule has 0 amide bonds. The predicted octanol–water partition coefficient (Wildman–Crippen LogP) is 2.30. The lowest BCUT2D eigenvalue weighted by atomic mass is 10.1. The number of benzene rings is 1. The van der Waals surface area contributed by atoms with Crippen molar-refractivity contribution in [2.75, 3.05) is 13.7 Å². The number of nitrogens with zero attached hydrogens (tertiary/aromatic N) is 2. The lowest BCUT2D eigenvalue weighted by molar-refractivity contribution is 0.0600. The number of aryl methyl sites for hydroxylation is 1. The summed E-state index contributed by atoms with van der Waals surface area (Å²) in [6, 6.07) is 7.18. The number of ether oxygens (including phenoxy) is 1. The average Bonchev–Trinajstić information content (AvgIpc) is 3.23. The van der Waals surface area contributed by atoms with Gasteiger partial charge in [0.1, 0.15) is 11.5 Å². The highest BCUT2D eigenvalue weighted by molar-refractivity contribution is 7.89. The number of carbonyl (C=O) groups is 1. The van der Waals surface area contributed by atoms with E-state index in [4.69, 9.17) is 4.52 Å². The van der Waals surface area contributed by atoms with Crippen molar-refractivity contribution in [1.29, 1.82) is 0 Å². The Morgan fingerprint density at radius 2 is 2.04 bits per heavy atom. The quantitative estimate of drug-likeness (QED) is 0.786. The van der Waals surface area contributed by atoms with E-state index in [1.54, 1.807) is 13.0 Å². The van der Waals surface area contributed by atoms with Crippen molar-refractivity contribution >= 4 is 16.0 Å². The van der Waals surface area contributed by atoms with Crippen LogP contribution in [0.4, 0.5) is 0 Å². The first-order valence-corrected chi connectivity index (χ1v) is 9.01. The fourth-order valence-corrected chi connectivity index (χ4v) is 4.55. The normalized spacial score (nSPS) is 18.7. The highest BCUT2D eigenvalue weighted by atomic mass is 32.2. The molecule has 8 heteroatoms. The second-order valence-electron chi connectivity index (χ2n) is 5.65. The zero-order chi connectivity index (χ0) is 17.3. The molecule has 7 nitrogen and oxygen atoms in total. The topological polar surface area (TPSA) is 89.7 Å². The molecule has 0 bridgehead atoms. The summed E-state index contributed by atoms with van der Waals surface area (Å²) < 4.78 is 37.0. The van der Waals surface area contributed by atoms with Crippen molar-refractivity contribution in [3.8, 4) is 0 Å². The first-order valence-electron chi connectivity index (χ1n) is 7.57. The Labute approximate surface area is 140 Å². The van der Waals surface area contributed by atoms with Gasteiger partial charge < -0.3 is 9.26 Å². The van der Waals surface area contributed by atoms with Crippen LogP contribution >= 0.6 is 0 Å². The van der Waals surface area contributed by atoms with Gasteiger partial charge in [0.05, 0.1) is 23.6 Å². The summed E-state index contributed by atoms with van der Waals surface area (Å²) >= 11 is 0. The molecule has 128 valence electrons. The van der Waals surface area contributed by atoms with E-state index in [-0.39, 0.29) is 10.9 Å². The second-order valence-corrected chi connectivity index (χ2v) is 7.54. The summed E-state index contributed by atoms with van der Waals surface area (Å²) in [5.74, 6) is 0.146. The lowest BCUT2D eigenvalue weighted by Gasteiger charge is -2.22. The maximum absolute atomic E-state index is 12.9. The third kappa shape index (κ3) is 2.94. The van der Waals surface area contributed by atoms with Crippen LogP contribution in [-0.4, -0.2) is 37.5 Å². The molecule has 0 aliphatic carbocycles. The van der Waals surface area contributed by atoms with Gasteiger partial charge in [-0.2, -0.15) is 4.31 Å². The standard InChI is InChI=1S/C16H18N2O5S/c1-11-10-14(17-23-11)15-4-3-9-18(15)24(20,21)13-7-5-12(6-8-13)16(19)22-2/h5-8,10,15H,3-4,9H2,1-2H3/t15-/m0/s1. The molecule has 2 aromatic rings. The van der Waals surface area contributed by atoms with E-state index in [1.807, 2.05) is 0 Å². The number of esters is 1. The molecule has 24 heavy (non-hydrogen) atoms. The van der Waals surface area contributed by atoms with Crippen molar-refractivity contribution in [2.24, 2.45) is 0 Å². The minimum absolute atomic E-state index is 0.141. The molecule has 0 spiro atoms. The van der Waals surface area contributed by atoms with Crippen LogP contribution in [0.5, 0.6) is 0 Å². The second kappa shape index (κ2) is 6.37. The highest BCUT2D eigenvalue weighted by Gasteiger charge is 2.37. The lowest BCUT2D eigenvalue weighted by Crippen LogP contribution is -2.30. The number of aromatic nitrogens is 1. The maximum atomic E-state index is 12.9. The van der Waals surface area contributed by atoms with Gasteiger partial charge in [-0.05, 0) is 44.0 Å². The first-order chi connectivity index (χ1) is 11.4. The average molecular weight is 350 g/mol. The molecule has 0 saturated carbocycles. The van der Waals surface area contributed by atoms with Crippen LogP contribution in [0.2, 0.25) is 0 Å².